The highest BCUT2D eigenvalue weighted by atomic mass is 16.5. The summed E-state index contributed by atoms with van der Waals surface area (Å²) >= 11 is 0. The van der Waals surface area contributed by atoms with Gasteiger partial charge in [0, 0.05) is 6.42 Å². The van der Waals surface area contributed by atoms with Gasteiger partial charge >= 0.3 is 5.97 Å². The summed E-state index contributed by atoms with van der Waals surface area (Å²) in [4.78, 5) is 49.6. The number of Topliss-reactive ketones (excluding diaryl/α,β-unsaturated/α-hetero) is 1. The maximum Gasteiger partial charge on any atom is 0.329 e. The highest BCUT2D eigenvalue weighted by Crippen LogP contribution is 2.25. The molecule has 1 fully saturated rings. The number of esters is 1. The van der Waals surface area contributed by atoms with Crippen molar-refractivity contribution in [2.24, 2.45) is 0 Å². The van der Waals surface area contributed by atoms with Crippen molar-refractivity contribution in [1.29, 1.82) is 0 Å². The molecule has 23 heavy (non-hydrogen) atoms. The molecule has 0 bridgehead atoms. The van der Waals surface area contributed by atoms with E-state index in [-0.39, 0.29) is 16.9 Å². The minimum Gasteiger partial charge on any atom is -0.453 e. The summed E-state index contributed by atoms with van der Waals surface area (Å²) in [6, 6.07) is 5.38. The van der Waals surface area contributed by atoms with Gasteiger partial charge in [-0.2, -0.15) is 0 Å². The summed E-state index contributed by atoms with van der Waals surface area (Å²) < 4.78 is 5.24. The molecule has 1 heterocycles. The lowest BCUT2D eigenvalue weighted by Crippen LogP contribution is -2.45. The second kappa shape index (κ2) is 5.95. The van der Waals surface area contributed by atoms with Crippen molar-refractivity contribution in [3.63, 3.8) is 0 Å². The molecule has 2 atom stereocenters. The molecule has 1 aromatic rings. The van der Waals surface area contributed by atoms with Crippen LogP contribution in [-0.2, 0) is 14.3 Å². The van der Waals surface area contributed by atoms with Gasteiger partial charge < -0.3 is 4.74 Å². The summed E-state index contributed by atoms with van der Waals surface area (Å²) in [6.07, 6.45) is 1.78. The number of rotatable bonds is 3. The van der Waals surface area contributed by atoms with Crippen LogP contribution in [0, 0.1) is 0 Å². The largest absolute Gasteiger partial charge is 0.453 e. The predicted octanol–water partition coefficient (Wildman–Crippen LogP) is 1.73. The van der Waals surface area contributed by atoms with E-state index in [4.69, 9.17) is 4.74 Å². The van der Waals surface area contributed by atoms with E-state index in [0.29, 0.717) is 12.8 Å². The van der Waals surface area contributed by atoms with Crippen molar-refractivity contribution in [2.45, 2.75) is 44.8 Å². The van der Waals surface area contributed by atoms with Gasteiger partial charge in [-0.1, -0.05) is 12.1 Å². The molecule has 120 valence electrons. The minimum atomic E-state index is -1.06. The monoisotopic (exact) mass is 315 g/mol. The Balaban J connectivity index is 1.74. The first-order valence-corrected chi connectivity index (χ1v) is 7.71. The van der Waals surface area contributed by atoms with E-state index in [1.807, 2.05) is 0 Å². The van der Waals surface area contributed by atoms with Crippen LogP contribution in [0.15, 0.2) is 24.3 Å². The number of nitrogens with zero attached hydrogens (tertiary/aromatic N) is 1. The van der Waals surface area contributed by atoms with E-state index in [9.17, 15) is 19.2 Å². The first-order chi connectivity index (χ1) is 11.0. The topological polar surface area (TPSA) is 80.8 Å². The molecule has 0 spiro atoms. The Hall–Kier alpha value is -2.50. The Labute approximate surface area is 133 Å². The normalized spacial score (nSPS) is 22.0. The zero-order valence-corrected chi connectivity index (χ0v) is 12.8. The van der Waals surface area contributed by atoms with Gasteiger partial charge in [-0.25, -0.2) is 4.79 Å². The zero-order chi connectivity index (χ0) is 16.6. The van der Waals surface area contributed by atoms with E-state index in [0.717, 1.165) is 17.7 Å². The number of amides is 2. The summed E-state index contributed by atoms with van der Waals surface area (Å²) in [7, 11) is 0. The summed E-state index contributed by atoms with van der Waals surface area (Å²) in [5.74, 6) is -1.84. The number of imide groups is 1. The average molecular weight is 315 g/mol. The number of ether oxygens (including phenoxy) is 1. The third-order valence-corrected chi connectivity index (χ3v) is 4.31. The van der Waals surface area contributed by atoms with Crippen LogP contribution in [-0.4, -0.2) is 40.6 Å². The Morgan fingerprint density at radius 3 is 2.30 bits per heavy atom. The Kier molecular flexibility index (Phi) is 3.98. The predicted molar refractivity (Wildman–Crippen MR) is 79.8 cm³/mol. The van der Waals surface area contributed by atoms with E-state index in [1.54, 1.807) is 24.3 Å². The molecule has 0 radical (unpaired) electrons. The SMILES string of the molecule is C[C@@H](C(=O)O[C@@H]1CCCCC1=O)N1C(=O)c2ccccc2C1=O. The lowest BCUT2D eigenvalue weighted by Gasteiger charge is -2.25. The molecule has 2 aliphatic rings. The molecule has 6 nitrogen and oxygen atoms in total. The van der Waals surface area contributed by atoms with E-state index < -0.39 is 29.9 Å². The third-order valence-electron chi connectivity index (χ3n) is 4.31. The maximum absolute atomic E-state index is 12.3. The fraction of sp³-hybridized carbons (Fsp3) is 0.412. The molecule has 3 rings (SSSR count). The van der Waals surface area contributed by atoms with Gasteiger partial charge in [0.25, 0.3) is 11.8 Å². The average Bonchev–Trinajstić information content (AvgIpc) is 2.81. The van der Waals surface area contributed by atoms with Crippen molar-refractivity contribution in [1.82, 2.24) is 4.90 Å². The molecule has 0 unspecified atom stereocenters. The second-order valence-electron chi connectivity index (χ2n) is 5.84. The van der Waals surface area contributed by atoms with Crippen molar-refractivity contribution >= 4 is 23.6 Å². The molecular weight excluding hydrogens is 298 g/mol. The highest BCUT2D eigenvalue weighted by molar-refractivity contribution is 6.22. The molecular formula is C17H17NO5. The fourth-order valence-corrected chi connectivity index (χ4v) is 2.98. The maximum atomic E-state index is 12.3. The van der Waals surface area contributed by atoms with Crippen molar-refractivity contribution in [3.8, 4) is 0 Å². The molecule has 2 amide bonds. The molecule has 0 N–H and O–H groups in total. The standard InChI is InChI=1S/C17H17NO5/c1-10(17(22)23-14-9-5-4-8-13(14)19)18-15(20)11-6-2-3-7-12(11)16(18)21/h2-3,6-7,10,14H,4-5,8-9H2,1H3/t10-,14+/m0/s1. The number of hydrogen-bond donors (Lipinski definition) is 0. The Bertz CT molecular complexity index is 661. The summed E-state index contributed by atoms with van der Waals surface area (Å²) in [5.41, 5.74) is 0.566. The van der Waals surface area contributed by atoms with Crippen molar-refractivity contribution in [2.75, 3.05) is 0 Å². The molecule has 1 saturated carbocycles. The fourth-order valence-electron chi connectivity index (χ4n) is 2.98. The van der Waals surface area contributed by atoms with Crippen molar-refractivity contribution in [3.05, 3.63) is 35.4 Å². The molecule has 1 aliphatic carbocycles. The quantitative estimate of drug-likeness (QED) is 0.627. The number of ketones is 1. The summed E-state index contributed by atoms with van der Waals surface area (Å²) in [6.45, 7) is 1.44. The van der Waals surface area contributed by atoms with Gasteiger partial charge in [-0.15, -0.1) is 0 Å². The zero-order valence-electron chi connectivity index (χ0n) is 12.8. The second-order valence-corrected chi connectivity index (χ2v) is 5.84. The number of benzene rings is 1. The van der Waals surface area contributed by atoms with Gasteiger partial charge in [0.15, 0.2) is 11.9 Å². The van der Waals surface area contributed by atoms with Gasteiger partial charge in [-0.05, 0) is 38.3 Å². The Morgan fingerprint density at radius 1 is 1.13 bits per heavy atom. The van der Waals surface area contributed by atoms with E-state index in [2.05, 4.69) is 0 Å². The van der Waals surface area contributed by atoms with E-state index in [1.165, 1.54) is 6.92 Å². The van der Waals surface area contributed by atoms with Crippen LogP contribution < -0.4 is 0 Å². The van der Waals surface area contributed by atoms with Gasteiger partial charge in [0.1, 0.15) is 6.04 Å². The number of fused-ring (bicyclic) bond motifs is 1. The first-order valence-electron chi connectivity index (χ1n) is 7.71. The third kappa shape index (κ3) is 2.65. The van der Waals surface area contributed by atoms with Crippen LogP contribution in [0.2, 0.25) is 0 Å². The van der Waals surface area contributed by atoms with Gasteiger partial charge in [0.2, 0.25) is 0 Å². The highest BCUT2D eigenvalue weighted by Gasteiger charge is 2.42. The van der Waals surface area contributed by atoms with Crippen molar-refractivity contribution < 1.29 is 23.9 Å². The van der Waals surface area contributed by atoms with Crippen LogP contribution in [0.1, 0.15) is 53.3 Å². The van der Waals surface area contributed by atoms with Gasteiger partial charge in [-0.3, -0.25) is 19.3 Å². The molecule has 0 saturated heterocycles. The number of hydrogen-bond acceptors (Lipinski definition) is 5. The van der Waals surface area contributed by atoms with Crippen LogP contribution in [0.4, 0.5) is 0 Å². The van der Waals surface area contributed by atoms with Crippen LogP contribution in [0.25, 0.3) is 0 Å². The van der Waals surface area contributed by atoms with Crippen LogP contribution in [0.5, 0.6) is 0 Å². The minimum absolute atomic E-state index is 0.0980. The summed E-state index contributed by atoms with van der Waals surface area (Å²) in [5, 5.41) is 0. The Morgan fingerprint density at radius 2 is 1.74 bits per heavy atom. The molecule has 1 aliphatic heterocycles. The number of carbonyl (C=O) groups excluding carboxylic acids is 4. The van der Waals surface area contributed by atoms with Gasteiger partial charge in [0.05, 0.1) is 11.1 Å². The number of carbonyl (C=O) groups is 4. The molecule has 6 heteroatoms. The molecule has 1 aromatic carbocycles. The first kappa shape index (κ1) is 15.4. The molecule has 0 aromatic heterocycles. The lowest BCUT2D eigenvalue weighted by molar-refractivity contribution is -0.159. The van der Waals surface area contributed by atoms with Crippen LogP contribution >= 0.6 is 0 Å². The smallest absolute Gasteiger partial charge is 0.329 e. The van der Waals surface area contributed by atoms with Crippen LogP contribution in [0.3, 0.4) is 0 Å². The lowest BCUT2D eigenvalue weighted by atomic mass is 9.96. The van der Waals surface area contributed by atoms with E-state index >= 15 is 0 Å².